The molecule has 0 radical (unpaired) electrons. The summed E-state index contributed by atoms with van der Waals surface area (Å²) in [6.45, 7) is 11.1. The van der Waals surface area contributed by atoms with Gasteiger partial charge in [0.15, 0.2) is 0 Å². The van der Waals surface area contributed by atoms with Crippen LogP contribution in [-0.4, -0.2) is 114 Å². The van der Waals surface area contributed by atoms with Crippen LogP contribution in [-0.2, 0) is 56.3 Å². The number of nitrogens with one attached hydrogen (secondary N) is 2. The van der Waals surface area contributed by atoms with Gasteiger partial charge in [-0.25, -0.2) is 35.9 Å². The molecule has 4 aromatic carbocycles. The largest absolute Gasteiger partial charge is 0.471 e. The van der Waals surface area contributed by atoms with Gasteiger partial charge in [-0.2, -0.15) is 36.3 Å². The lowest BCUT2D eigenvalue weighted by Gasteiger charge is -2.27. The number of hydrogen-bond donors (Lipinski definition) is 2. The van der Waals surface area contributed by atoms with E-state index in [1.165, 1.54) is 48.5 Å². The summed E-state index contributed by atoms with van der Waals surface area (Å²) in [5, 5.41) is 26.9. The molecule has 0 bridgehead atoms. The minimum Gasteiger partial charge on any atom is -0.444 e. The van der Waals surface area contributed by atoms with Crippen molar-refractivity contribution >= 4 is 47.4 Å². The number of hydrogen-bond acceptors (Lipinski definition) is 20. The molecule has 4 aliphatic rings. The maximum atomic E-state index is 15.9. The Hall–Kier alpha value is -10.3. The van der Waals surface area contributed by atoms with Gasteiger partial charge in [0.05, 0.1) is 35.6 Å². The average molecular weight is 1390 g/mol. The molecule has 4 aliphatic heterocycles. The fourth-order valence-corrected chi connectivity index (χ4v) is 11.0. The van der Waals surface area contributed by atoms with Crippen molar-refractivity contribution in [2.24, 2.45) is 0 Å². The summed E-state index contributed by atoms with van der Waals surface area (Å²) >= 11 is 0. The van der Waals surface area contributed by atoms with Crippen molar-refractivity contribution in [3.63, 3.8) is 0 Å². The number of alkyl halides is 10. The summed E-state index contributed by atoms with van der Waals surface area (Å²) in [6.07, 6.45) is -10.8. The van der Waals surface area contributed by atoms with Crippen LogP contribution in [0.4, 0.5) is 85.7 Å². The van der Waals surface area contributed by atoms with Crippen molar-refractivity contribution in [2.45, 2.75) is 141 Å². The lowest BCUT2D eigenvalue weighted by Crippen LogP contribution is -2.49. The molecule has 2 N–H and O–H groups in total. The Balaban J connectivity index is 0.000000198. The number of carbonyl (C=O) groups is 4. The second kappa shape index (κ2) is 26.3. The molecule has 98 heavy (non-hydrogen) atoms. The SMILES string of the molecule is CC(C)(C)OC(=O)NC1CC(F)(F)c2cc(F)c(-c3nnc(N4CCCC4)o3)cc2N(Cc2ccc(-c3noc(C(F)(F)F)n3)cc2)C1=O.CC(C)(C)OC(=O)N[C@@H]1CC(F)(F)c2cc(F)c(-c3nnc(N4CCCC4)o3)cc2N(Cc2ccc(-c3noc(C(F)(F)F)n3)cc2)C1=O. The average Bonchev–Trinajstić information content (AvgIpc) is 1.58. The van der Waals surface area contributed by atoms with E-state index in [0.717, 1.165) is 47.6 Å². The first-order valence-electron chi connectivity index (χ1n) is 30.2. The van der Waals surface area contributed by atoms with Crippen LogP contribution < -0.4 is 30.2 Å². The molecular formula is C62H58F12N14O10. The Morgan fingerprint density at radius 3 is 1.20 bits per heavy atom. The molecule has 520 valence electrons. The lowest BCUT2D eigenvalue weighted by atomic mass is 9.99. The van der Waals surface area contributed by atoms with Crippen LogP contribution >= 0.6 is 0 Å². The zero-order chi connectivity index (χ0) is 70.6. The highest BCUT2D eigenvalue weighted by molar-refractivity contribution is 6.02. The second-order valence-corrected chi connectivity index (χ2v) is 25.2. The summed E-state index contributed by atoms with van der Waals surface area (Å²) in [4.78, 5) is 65.5. The molecule has 24 nitrogen and oxygen atoms in total. The van der Waals surface area contributed by atoms with E-state index in [1.807, 2.05) is 0 Å². The summed E-state index contributed by atoms with van der Waals surface area (Å²) in [5.41, 5.74) is -4.24. The maximum absolute atomic E-state index is 15.9. The number of alkyl carbamates (subject to hydrolysis) is 2. The molecule has 0 aliphatic carbocycles. The molecule has 2 atom stereocenters. The number of carbonyl (C=O) groups excluding carboxylic acids is 4. The quantitative estimate of drug-likeness (QED) is 0.108. The van der Waals surface area contributed by atoms with Gasteiger partial charge in [0.25, 0.3) is 23.6 Å². The third kappa shape index (κ3) is 15.4. The van der Waals surface area contributed by atoms with Crippen molar-refractivity contribution in [2.75, 3.05) is 45.8 Å². The third-order valence-electron chi connectivity index (χ3n) is 15.5. The van der Waals surface area contributed by atoms with Crippen LogP contribution in [0.25, 0.3) is 45.7 Å². The maximum Gasteiger partial charge on any atom is 0.471 e. The van der Waals surface area contributed by atoms with Gasteiger partial charge in [0.1, 0.15) is 34.9 Å². The van der Waals surface area contributed by atoms with E-state index in [4.69, 9.17) is 18.3 Å². The molecule has 36 heteroatoms. The highest BCUT2D eigenvalue weighted by atomic mass is 19.4. The first-order chi connectivity index (χ1) is 46.0. The van der Waals surface area contributed by atoms with Crippen LogP contribution in [0.2, 0.25) is 0 Å². The van der Waals surface area contributed by atoms with Gasteiger partial charge in [-0.3, -0.25) is 9.59 Å². The number of halogens is 12. The van der Waals surface area contributed by atoms with E-state index in [1.54, 1.807) is 51.3 Å². The zero-order valence-corrected chi connectivity index (χ0v) is 52.6. The van der Waals surface area contributed by atoms with Gasteiger partial charge in [-0.05, 0) is 103 Å². The molecule has 1 unspecified atom stereocenters. The second-order valence-electron chi connectivity index (χ2n) is 25.2. The van der Waals surface area contributed by atoms with Crippen LogP contribution in [0.1, 0.15) is 114 Å². The Labute approximate surface area is 547 Å². The first-order valence-corrected chi connectivity index (χ1v) is 30.2. The van der Waals surface area contributed by atoms with Gasteiger partial charge < -0.3 is 57.6 Å². The van der Waals surface area contributed by atoms with Crippen LogP contribution in [0, 0.1) is 11.6 Å². The normalized spacial score (nSPS) is 18.0. The van der Waals surface area contributed by atoms with Crippen LogP contribution in [0.5, 0.6) is 0 Å². The van der Waals surface area contributed by atoms with Crippen molar-refractivity contribution in [1.29, 1.82) is 0 Å². The highest BCUT2D eigenvalue weighted by Gasteiger charge is 2.50. The number of nitrogens with zero attached hydrogens (tertiary/aromatic N) is 12. The number of benzene rings is 4. The van der Waals surface area contributed by atoms with E-state index in [-0.39, 0.29) is 70.8 Å². The van der Waals surface area contributed by atoms with Crippen LogP contribution in [0.15, 0.2) is 90.7 Å². The van der Waals surface area contributed by atoms with E-state index in [9.17, 15) is 45.5 Å². The van der Waals surface area contributed by atoms with E-state index < -0.39 is 130 Å². The number of amides is 4. The van der Waals surface area contributed by atoms with Gasteiger partial charge in [-0.1, -0.05) is 69.0 Å². The van der Waals surface area contributed by atoms with Crippen molar-refractivity contribution in [3.8, 4) is 45.7 Å². The minimum atomic E-state index is -4.85. The molecule has 4 amide bonds. The van der Waals surface area contributed by atoms with E-state index in [0.29, 0.717) is 49.4 Å². The summed E-state index contributed by atoms with van der Waals surface area (Å²) < 4.78 is 203. The molecule has 12 rings (SSSR count). The van der Waals surface area contributed by atoms with Gasteiger partial charge in [0, 0.05) is 61.3 Å². The van der Waals surface area contributed by atoms with Gasteiger partial charge >= 0.3 is 48.3 Å². The Morgan fingerprint density at radius 1 is 0.541 bits per heavy atom. The van der Waals surface area contributed by atoms with Gasteiger partial charge in [0.2, 0.25) is 23.5 Å². The first kappa shape index (κ1) is 69.0. The summed E-state index contributed by atoms with van der Waals surface area (Å²) in [7, 11) is 0. The molecule has 8 heterocycles. The lowest BCUT2D eigenvalue weighted by molar-refractivity contribution is -0.160. The fraction of sp³-hybridized carbons (Fsp3) is 0.419. The number of rotatable bonds is 12. The van der Waals surface area contributed by atoms with Crippen molar-refractivity contribution in [3.05, 3.63) is 118 Å². The standard InChI is InChI=1S/2C31H29F6N7O5/c2*1-29(2,3)48-28(46)38-21-14-30(33,34)19-13-20(32)18(24-40-41-27(47-24)43-10-4-5-11-43)12-22(19)44(25(21)45)15-16-6-8-17(9-7-16)23-39-26(49-42-23)31(35,36)37/h2*6-9,12-13,21H,4-5,10-11,14-15H2,1-3H3,(H,38,46)/t21-;/m1./s1. The number of fused-ring (bicyclic) bond motifs is 2. The van der Waals surface area contributed by atoms with Gasteiger partial charge in [-0.15, -0.1) is 10.2 Å². The Bertz CT molecular complexity index is 4000. The van der Waals surface area contributed by atoms with Crippen molar-refractivity contribution < 1.29 is 99.2 Å². The highest BCUT2D eigenvalue weighted by Crippen LogP contribution is 2.48. The summed E-state index contributed by atoms with van der Waals surface area (Å²) in [5.74, 6) is -16.2. The molecule has 2 saturated heterocycles. The Morgan fingerprint density at radius 2 is 0.888 bits per heavy atom. The van der Waals surface area contributed by atoms with Crippen LogP contribution in [0.3, 0.4) is 0 Å². The molecular weight excluding hydrogens is 1330 g/mol. The minimum absolute atomic E-state index is 0.130. The number of aromatic nitrogens is 8. The monoisotopic (exact) mass is 1390 g/mol. The zero-order valence-electron chi connectivity index (χ0n) is 52.6. The van der Waals surface area contributed by atoms with E-state index in [2.05, 4.69) is 60.4 Å². The number of anilines is 4. The van der Waals surface area contributed by atoms with Crippen molar-refractivity contribution in [1.82, 2.24) is 51.3 Å². The molecule has 4 aromatic heterocycles. The predicted octanol–water partition coefficient (Wildman–Crippen LogP) is 12.9. The number of ether oxygens (including phenoxy) is 2. The Kier molecular flexibility index (Phi) is 18.5. The molecule has 0 spiro atoms. The predicted molar refractivity (Wildman–Crippen MR) is 317 cm³/mol. The summed E-state index contributed by atoms with van der Waals surface area (Å²) in [6, 6.07) is 10.9. The fourth-order valence-electron chi connectivity index (χ4n) is 11.0. The third-order valence-corrected chi connectivity index (χ3v) is 15.5. The smallest absolute Gasteiger partial charge is 0.444 e. The molecule has 8 aromatic rings. The molecule has 0 saturated carbocycles. The van der Waals surface area contributed by atoms with E-state index >= 15 is 26.3 Å². The topological polar surface area (TPSA) is 279 Å². The molecule has 2 fully saturated rings.